The van der Waals surface area contributed by atoms with Crippen LogP contribution in [0.15, 0.2) is 0 Å². The SMILES string of the molecule is CCOCCC(=O)N1CCCCC1CCC(=O)O. The third-order valence-electron chi connectivity index (χ3n) is 3.30. The highest BCUT2D eigenvalue weighted by Gasteiger charge is 2.26. The zero-order chi connectivity index (χ0) is 13.4. The van der Waals surface area contributed by atoms with Gasteiger partial charge in [0.2, 0.25) is 5.91 Å². The third-order valence-corrected chi connectivity index (χ3v) is 3.30. The monoisotopic (exact) mass is 257 g/mol. The summed E-state index contributed by atoms with van der Waals surface area (Å²) in [7, 11) is 0. The maximum absolute atomic E-state index is 12.0. The van der Waals surface area contributed by atoms with Gasteiger partial charge in [0, 0.05) is 25.6 Å². The quantitative estimate of drug-likeness (QED) is 0.704. The van der Waals surface area contributed by atoms with E-state index in [0.29, 0.717) is 26.1 Å². The highest BCUT2D eigenvalue weighted by molar-refractivity contribution is 5.76. The fourth-order valence-electron chi connectivity index (χ4n) is 2.37. The molecule has 5 heteroatoms. The second-order valence-corrected chi connectivity index (χ2v) is 4.62. The number of aliphatic carboxylic acids is 1. The molecule has 1 amide bonds. The molecule has 0 spiro atoms. The van der Waals surface area contributed by atoms with Crippen LogP contribution in [0.1, 0.15) is 45.4 Å². The summed E-state index contributed by atoms with van der Waals surface area (Å²) < 4.78 is 5.19. The first kappa shape index (κ1) is 15.0. The van der Waals surface area contributed by atoms with Crippen LogP contribution >= 0.6 is 0 Å². The number of carbonyl (C=O) groups excluding carboxylic acids is 1. The first-order valence-electron chi connectivity index (χ1n) is 6.74. The van der Waals surface area contributed by atoms with Crippen LogP contribution in [0, 0.1) is 0 Å². The Morgan fingerprint density at radius 3 is 2.78 bits per heavy atom. The van der Waals surface area contributed by atoms with E-state index in [-0.39, 0.29) is 18.4 Å². The summed E-state index contributed by atoms with van der Waals surface area (Å²) in [5.74, 6) is -0.694. The zero-order valence-corrected chi connectivity index (χ0v) is 11.1. The molecule has 1 aliphatic heterocycles. The van der Waals surface area contributed by atoms with Crippen molar-refractivity contribution >= 4 is 11.9 Å². The fourth-order valence-corrected chi connectivity index (χ4v) is 2.37. The molecule has 1 atom stereocenters. The van der Waals surface area contributed by atoms with Crippen molar-refractivity contribution in [2.24, 2.45) is 0 Å². The molecule has 0 aromatic carbocycles. The Kier molecular flexibility index (Phi) is 6.72. The van der Waals surface area contributed by atoms with E-state index in [1.165, 1.54) is 0 Å². The lowest BCUT2D eigenvalue weighted by atomic mass is 9.97. The first-order valence-corrected chi connectivity index (χ1v) is 6.74. The Morgan fingerprint density at radius 2 is 2.11 bits per heavy atom. The number of amides is 1. The number of hydrogen-bond donors (Lipinski definition) is 1. The minimum atomic E-state index is -0.790. The van der Waals surface area contributed by atoms with Gasteiger partial charge in [-0.3, -0.25) is 9.59 Å². The molecule has 1 unspecified atom stereocenters. The largest absolute Gasteiger partial charge is 0.481 e. The van der Waals surface area contributed by atoms with Crippen LogP contribution in [0.4, 0.5) is 0 Å². The lowest BCUT2D eigenvalue weighted by Gasteiger charge is -2.35. The average Bonchev–Trinajstić information content (AvgIpc) is 2.37. The molecule has 1 rings (SSSR count). The Bertz CT molecular complexity index is 280. The summed E-state index contributed by atoms with van der Waals surface area (Å²) in [5.41, 5.74) is 0. The molecular formula is C13H23NO4. The molecule has 18 heavy (non-hydrogen) atoms. The predicted octanol–water partition coefficient (Wildman–Crippen LogP) is 1.66. The Morgan fingerprint density at radius 1 is 1.33 bits per heavy atom. The minimum absolute atomic E-state index is 0.0959. The lowest BCUT2D eigenvalue weighted by Crippen LogP contribution is -2.44. The zero-order valence-electron chi connectivity index (χ0n) is 11.1. The average molecular weight is 257 g/mol. The number of hydrogen-bond acceptors (Lipinski definition) is 3. The van der Waals surface area contributed by atoms with E-state index in [1.54, 1.807) is 0 Å². The molecule has 0 bridgehead atoms. The van der Waals surface area contributed by atoms with Crippen LogP contribution in [-0.4, -0.2) is 47.7 Å². The Labute approximate surface area is 108 Å². The lowest BCUT2D eigenvalue weighted by molar-refractivity contribution is -0.140. The van der Waals surface area contributed by atoms with Gasteiger partial charge in [-0.25, -0.2) is 0 Å². The molecular weight excluding hydrogens is 234 g/mol. The van der Waals surface area contributed by atoms with E-state index in [9.17, 15) is 9.59 Å². The van der Waals surface area contributed by atoms with Crippen molar-refractivity contribution in [3.8, 4) is 0 Å². The number of rotatable bonds is 7. The molecule has 0 aliphatic carbocycles. The molecule has 1 N–H and O–H groups in total. The Balaban J connectivity index is 2.42. The van der Waals surface area contributed by atoms with Crippen molar-refractivity contribution in [3.63, 3.8) is 0 Å². The number of nitrogens with zero attached hydrogens (tertiary/aromatic N) is 1. The van der Waals surface area contributed by atoms with Gasteiger partial charge in [0.05, 0.1) is 13.0 Å². The number of carboxylic acid groups (broad SMARTS) is 1. The van der Waals surface area contributed by atoms with Crippen molar-refractivity contribution in [3.05, 3.63) is 0 Å². The number of likely N-dealkylation sites (tertiary alicyclic amines) is 1. The summed E-state index contributed by atoms with van der Waals surface area (Å²) in [6.07, 6.45) is 4.13. The highest BCUT2D eigenvalue weighted by atomic mass is 16.5. The van der Waals surface area contributed by atoms with Crippen LogP contribution in [0.25, 0.3) is 0 Å². The molecule has 1 fully saturated rings. The maximum Gasteiger partial charge on any atom is 0.303 e. The van der Waals surface area contributed by atoms with E-state index in [0.717, 1.165) is 25.8 Å². The number of carbonyl (C=O) groups is 2. The summed E-state index contributed by atoms with van der Waals surface area (Å²) in [5, 5.41) is 8.72. The summed E-state index contributed by atoms with van der Waals surface area (Å²) >= 11 is 0. The van der Waals surface area contributed by atoms with Crippen LogP contribution in [0.2, 0.25) is 0 Å². The van der Waals surface area contributed by atoms with Gasteiger partial charge >= 0.3 is 5.97 Å². The molecule has 104 valence electrons. The van der Waals surface area contributed by atoms with Crippen molar-refractivity contribution in [2.75, 3.05) is 19.8 Å². The third kappa shape index (κ3) is 5.04. The highest BCUT2D eigenvalue weighted by Crippen LogP contribution is 2.21. The maximum atomic E-state index is 12.0. The smallest absolute Gasteiger partial charge is 0.303 e. The van der Waals surface area contributed by atoms with Crippen LogP contribution in [0.3, 0.4) is 0 Å². The molecule has 0 aromatic rings. The van der Waals surface area contributed by atoms with Gasteiger partial charge in [0.1, 0.15) is 0 Å². The van der Waals surface area contributed by atoms with Crippen molar-refractivity contribution in [1.29, 1.82) is 0 Å². The summed E-state index contributed by atoms with van der Waals surface area (Å²) in [6, 6.07) is 0.101. The van der Waals surface area contributed by atoms with E-state index in [2.05, 4.69) is 0 Å². The molecule has 0 saturated carbocycles. The molecule has 1 heterocycles. The van der Waals surface area contributed by atoms with Gasteiger partial charge in [-0.2, -0.15) is 0 Å². The van der Waals surface area contributed by atoms with Gasteiger partial charge in [0.15, 0.2) is 0 Å². The van der Waals surface area contributed by atoms with Crippen LogP contribution in [0.5, 0.6) is 0 Å². The van der Waals surface area contributed by atoms with Gasteiger partial charge in [-0.05, 0) is 32.6 Å². The van der Waals surface area contributed by atoms with E-state index in [1.807, 2.05) is 11.8 Å². The van der Waals surface area contributed by atoms with Crippen molar-refractivity contribution < 1.29 is 19.4 Å². The number of carboxylic acids is 1. The van der Waals surface area contributed by atoms with Crippen LogP contribution < -0.4 is 0 Å². The molecule has 1 saturated heterocycles. The van der Waals surface area contributed by atoms with Gasteiger partial charge in [-0.1, -0.05) is 0 Å². The van der Waals surface area contributed by atoms with Gasteiger partial charge in [0.25, 0.3) is 0 Å². The van der Waals surface area contributed by atoms with E-state index >= 15 is 0 Å². The van der Waals surface area contributed by atoms with Gasteiger partial charge < -0.3 is 14.7 Å². The van der Waals surface area contributed by atoms with E-state index < -0.39 is 5.97 Å². The molecule has 5 nitrogen and oxygen atoms in total. The molecule has 0 aromatic heterocycles. The predicted molar refractivity (Wildman–Crippen MR) is 67.3 cm³/mol. The second-order valence-electron chi connectivity index (χ2n) is 4.62. The topological polar surface area (TPSA) is 66.8 Å². The molecule has 0 radical (unpaired) electrons. The standard InChI is InChI=1S/C13H23NO4/c1-2-18-10-8-12(15)14-9-4-3-5-11(14)6-7-13(16)17/h11H,2-10H2,1H3,(H,16,17). The van der Waals surface area contributed by atoms with E-state index in [4.69, 9.17) is 9.84 Å². The summed E-state index contributed by atoms with van der Waals surface area (Å²) in [6.45, 7) is 3.74. The summed E-state index contributed by atoms with van der Waals surface area (Å²) in [4.78, 5) is 24.5. The number of piperidine rings is 1. The van der Waals surface area contributed by atoms with Gasteiger partial charge in [-0.15, -0.1) is 0 Å². The minimum Gasteiger partial charge on any atom is -0.481 e. The van der Waals surface area contributed by atoms with Crippen LogP contribution in [-0.2, 0) is 14.3 Å². The van der Waals surface area contributed by atoms with Crippen molar-refractivity contribution in [1.82, 2.24) is 4.90 Å². The van der Waals surface area contributed by atoms with Crippen molar-refractivity contribution in [2.45, 2.75) is 51.5 Å². The normalized spacial score (nSPS) is 19.8. The second kappa shape index (κ2) is 8.08. The first-order chi connectivity index (χ1) is 8.65. The Hall–Kier alpha value is -1.10. The fraction of sp³-hybridized carbons (Fsp3) is 0.846. The molecule has 1 aliphatic rings. The number of ether oxygens (including phenoxy) is 1.